The topological polar surface area (TPSA) is 46.6 Å². The van der Waals surface area contributed by atoms with E-state index in [2.05, 4.69) is 0 Å². The van der Waals surface area contributed by atoms with Gasteiger partial charge in [-0.2, -0.15) is 4.31 Å². The molecular weight excluding hydrogens is 329 g/mol. The molecule has 1 saturated heterocycles. The summed E-state index contributed by atoms with van der Waals surface area (Å²) in [7, 11) is -3.57. The third-order valence-corrected chi connectivity index (χ3v) is 6.21. The molecular formula is C18H20FNO3S. The van der Waals surface area contributed by atoms with Crippen LogP contribution in [0.25, 0.3) is 0 Å². The molecule has 1 atom stereocenters. The van der Waals surface area contributed by atoms with Crippen molar-refractivity contribution in [2.24, 2.45) is 0 Å². The highest BCUT2D eigenvalue weighted by Gasteiger charge is 2.32. The summed E-state index contributed by atoms with van der Waals surface area (Å²) < 4.78 is 46.2. The number of morpholine rings is 1. The maximum atomic E-state index is 13.1. The Kier molecular flexibility index (Phi) is 4.99. The molecule has 0 amide bonds. The van der Waals surface area contributed by atoms with Crippen molar-refractivity contribution in [2.45, 2.75) is 24.3 Å². The number of ether oxygens (including phenoxy) is 1. The predicted octanol–water partition coefficient (Wildman–Crippen LogP) is 3.15. The standard InChI is InChI=1S/C18H20FNO3S/c1-2-14-5-3-4-6-18(14)24(21,22)20-11-12-23-17(13-20)15-7-9-16(19)10-8-15/h3-10,17H,2,11-13H2,1H3. The van der Waals surface area contributed by atoms with Crippen molar-refractivity contribution in [1.82, 2.24) is 4.31 Å². The Morgan fingerprint density at radius 2 is 1.88 bits per heavy atom. The first-order chi connectivity index (χ1) is 11.5. The van der Waals surface area contributed by atoms with Gasteiger partial charge in [0.05, 0.1) is 17.6 Å². The number of rotatable bonds is 4. The number of sulfonamides is 1. The van der Waals surface area contributed by atoms with E-state index >= 15 is 0 Å². The van der Waals surface area contributed by atoms with E-state index in [4.69, 9.17) is 4.74 Å². The number of benzene rings is 2. The van der Waals surface area contributed by atoms with Gasteiger partial charge < -0.3 is 4.74 Å². The van der Waals surface area contributed by atoms with E-state index in [-0.39, 0.29) is 18.5 Å². The molecule has 3 rings (SSSR count). The minimum atomic E-state index is -3.57. The number of hydrogen-bond acceptors (Lipinski definition) is 3. The van der Waals surface area contributed by atoms with Crippen LogP contribution in [0, 0.1) is 5.82 Å². The van der Waals surface area contributed by atoms with Crippen LogP contribution in [0.3, 0.4) is 0 Å². The number of hydrogen-bond donors (Lipinski definition) is 0. The van der Waals surface area contributed by atoms with Crippen molar-refractivity contribution in [2.75, 3.05) is 19.7 Å². The molecule has 1 fully saturated rings. The van der Waals surface area contributed by atoms with Gasteiger partial charge in [-0.15, -0.1) is 0 Å². The van der Waals surface area contributed by atoms with Crippen molar-refractivity contribution in [3.8, 4) is 0 Å². The van der Waals surface area contributed by atoms with Crippen LogP contribution < -0.4 is 0 Å². The summed E-state index contributed by atoms with van der Waals surface area (Å²) in [5.41, 5.74) is 1.59. The molecule has 1 unspecified atom stereocenters. The van der Waals surface area contributed by atoms with Crippen LogP contribution in [-0.2, 0) is 21.2 Å². The molecule has 0 bridgehead atoms. The Morgan fingerprint density at radius 1 is 1.17 bits per heavy atom. The van der Waals surface area contributed by atoms with Crippen LogP contribution in [0.15, 0.2) is 53.4 Å². The van der Waals surface area contributed by atoms with Crippen LogP contribution in [0.2, 0.25) is 0 Å². The van der Waals surface area contributed by atoms with Crippen LogP contribution in [-0.4, -0.2) is 32.4 Å². The van der Waals surface area contributed by atoms with Crippen LogP contribution in [0.4, 0.5) is 4.39 Å². The molecule has 0 aromatic heterocycles. The quantitative estimate of drug-likeness (QED) is 0.852. The van der Waals surface area contributed by atoms with Crippen molar-refractivity contribution in [1.29, 1.82) is 0 Å². The lowest BCUT2D eigenvalue weighted by Gasteiger charge is -2.32. The lowest BCUT2D eigenvalue weighted by Crippen LogP contribution is -2.42. The molecule has 2 aromatic rings. The molecule has 128 valence electrons. The fraction of sp³-hybridized carbons (Fsp3) is 0.333. The molecule has 0 saturated carbocycles. The molecule has 0 radical (unpaired) electrons. The van der Waals surface area contributed by atoms with E-state index in [9.17, 15) is 12.8 Å². The van der Waals surface area contributed by atoms with E-state index in [0.29, 0.717) is 24.5 Å². The van der Waals surface area contributed by atoms with E-state index in [1.165, 1.54) is 16.4 Å². The normalized spacial score (nSPS) is 19.3. The van der Waals surface area contributed by atoms with Gasteiger partial charge in [0.25, 0.3) is 0 Å². The van der Waals surface area contributed by atoms with Crippen molar-refractivity contribution < 1.29 is 17.5 Å². The monoisotopic (exact) mass is 349 g/mol. The zero-order valence-electron chi connectivity index (χ0n) is 13.5. The van der Waals surface area contributed by atoms with E-state index in [1.54, 1.807) is 24.3 Å². The van der Waals surface area contributed by atoms with Gasteiger partial charge in [0.2, 0.25) is 10.0 Å². The van der Waals surface area contributed by atoms with Crippen LogP contribution in [0.1, 0.15) is 24.2 Å². The first-order valence-electron chi connectivity index (χ1n) is 7.97. The maximum Gasteiger partial charge on any atom is 0.243 e. The second kappa shape index (κ2) is 7.01. The minimum Gasteiger partial charge on any atom is -0.371 e. The zero-order chi connectivity index (χ0) is 17.2. The minimum absolute atomic E-state index is 0.228. The van der Waals surface area contributed by atoms with E-state index < -0.39 is 10.0 Å². The fourth-order valence-corrected chi connectivity index (χ4v) is 4.63. The van der Waals surface area contributed by atoms with Gasteiger partial charge in [0, 0.05) is 13.1 Å². The molecule has 6 heteroatoms. The van der Waals surface area contributed by atoms with E-state index in [1.807, 2.05) is 19.1 Å². The maximum absolute atomic E-state index is 13.1. The Labute approximate surface area is 141 Å². The van der Waals surface area contributed by atoms with Crippen molar-refractivity contribution in [3.63, 3.8) is 0 Å². The third-order valence-electron chi connectivity index (χ3n) is 4.24. The largest absolute Gasteiger partial charge is 0.371 e. The Morgan fingerprint density at radius 3 is 2.58 bits per heavy atom. The lowest BCUT2D eigenvalue weighted by molar-refractivity contribution is -0.00260. The Bertz CT molecular complexity index is 805. The highest BCUT2D eigenvalue weighted by atomic mass is 32.2. The first kappa shape index (κ1) is 17.1. The molecule has 4 nitrogen and oxygen atoms in total. The van der Waals surface area contributed by atoms with Gasteiger partial charge in [-0.25, -0.2) is 12.8 Å². The molecule has 2 aromatic carbocycles. The molecule has 1 aliphatic heterocycles. The Balaban J connectivity index is 1.87. The Hall–Kier alpha value is -1.76. The van der Waals surface area contributed by atoms with Crippen LogP contribution in [0.5, 0.6) is 0 Å². The highest BCUT2D eigenvalue weighted by Crippen LogP contribution is 2.28. The average Bonchev–Trinajstić information content (AvgIpc) is 2.62. The van der Waals surface area contributed by atoms with Gasteiger partial charge in [0.1, 0.15) is 5.82 Å². The second-order valence-electron chi connectivity index (χ2n) is 5.74. The highest BCUT2D eigenvalue weighted by molar-refractivity contribution is 7.89. The van der Waals surface area contributed by atoms with Gasteiger partial charge in [-0.3, -0.25) is 0 Å². The molecule has 1 heterocycles. The summed E-state index contributed by atoms with van der Waals surface area (Å²) in [4.78, 5) is 0.354. The molecule has 1 aliphatic rings. The van der Waals surface area contributed by atoms with Gasteiger partial charge in [-0.1, -0.05) is 37.3 Å². The van der Waals surface area contributed by atoms with Crippen molar-refractivity contribution >= 4 is 10.0 Å². The summed E-state index contributed by atoms with van der Waals surface area (Å²) in [5.74, 6) is -0.323. The number of halogens is 1. The smallest absolute Gasteiger partial charge is 0.243 e. The number of nitrogens with zero attached hydrogens (tertiary/aromatic N) is 1. The summed E-state index contributed by atoms with van der Waals surface area (Å²) in [5, 5.41) is 0. The summed E-state index contributed by atoms with van der Waals surface area (Å²) in [6.45, 7) is 2.80. The SMILES string of the molecule is CCc1ccccc1S(=O)(=O)N1CCOC(c2ccc(F)cc2)C1. The molecule has 24 heavy (non-hydrogen) atoms. The molecule has 0 spiro atoms. The lowest BCUT2D eigenvalue weighted by atomic mass is 10.1. The first-order valence-corrected chi connectivity index (χ1v) is 9.41. The average molecular weight is 349 g/mol. The fourth-order valence-electron chi connectivity index (χ4n) is 2.91. The van der Waals surface area contributed by atoms with Crippen molar-refractivity contribution in [3.05, 3.63) is 65.5 Å². The van der Waals surface area contributed by atoms with Crippen LogP contribution >= 0.6 is 0 Å². The van der Waals surface area contributed by atoms with Gasteiger partial charge in [-0.05, 0) is 35.7 Å². The number of aryl methyl sites for hydroxylation is 1. The molecule has 0 aliphatic carbocycles. The predicted molar refractivity (Wildman–Crippen MR) is 89.7 cm³/mol. The second-order valence-corrected chi connectivity index (χ2v) is 7.64. The van der Waals surface area contributed by atoms with Gasteiger partial charge in [0.15, 0.2) is 0 Å². The third kappa shape index (κ3) is 3.36. The summed E-state index contributed by atoms with van der Waals surface area (Å²) in [6, 6.07) is 13.1. The summed E-state index contributed by atoms with van der Waals surface area (Å²) >= 11 is 0. The van der Waals surface area contributed by atoms with Gasteiger partial charge >= 0.3 is 0 Å². The van der Waals surface area contributed by atoms with E-state index in [0.717, 1.165) is 11.1 Å². The molecule has 0 N–H and O–H groups in total. The zero-order valence-corrected chi connectivity index (χ0v) is 14.3. The summed E-state index contributed by atoms with van der Waals surface area (Å²) in [6.07, 6.45) is 0.268.